The molecule has 1 atom stereocenters. The summed E-state index contributed by atoms with van der Waals surface area (Å²) in [5, 5.41) is 1.37. The number of hydrogen-bond donors (Lipinski definition) is 0. The number of allylic oxidation sites excluding steroid dienone is 1. The second-order valence-corrected chi connectivity index (χ2v) is 10.1. The van der Waals surface area contributed by atoms with Crippen molar-refractivity contribution in [2.24, 2.45) is 0 Å². The van der Waals surface area contributed by atoms with Gasteiger partial charge in [-0.2, -0.15) is 0 Å². The molecule has 1 aromatic rings. The Kier molecular flexibility index (Phi) is 9.17. The van der Waals surface area contributed by atoms with Crippen LogP contribution >= 0.6 is 0 Å². The normalized spacial score (nSPS) is 12.2. The van der Waals surface area contributed by atoms with Gasteiger partial charge in [0.25, 0.3) is 5.97 Å². The number of esters is 1. The van der Waals surface area contributed by atoms with Crippen LogP contribution in [0.5, 0.6) is 0 Å². The Morgan fingerprint density at radius 2 is 1.95 bits per heavy atom. The van der Waals surface area contributed by atoms with Crippen LogP contribution in [0.25, 0.3) is 5.73 Å². The Balaban J connectivity index is 0.00000361. The molecule has 0 aliphatic heterocycles. The Labute approximate surface area is 158 Å². The molecule has 0 aliphatic carbocycles. The molecule has 0 heterocycles. The van der Waals surface area contributed by atoms with E-state index in [0.717, 1.165) is 11.6 Å². The Bertz CT molecular complexity index is 446. The van der Waals surface area contributed by atoms with Gasteiger partial charge >= 0.3 is 0 Å². The minimum atomic E-state index is -1.43. The quantitative estimate of drug-likeness (QED) is 0.341. The van der Waals surface area contributed by atoms with Gasteiger partial charge in [-0.05, 0) is 24.1 Å². The maximum Gasteiger partial charge on any atom is 0.287 e. The second kappa shape index (κ2) is 9.14. The van der Waals surface area contributed by atoms with E-state index in [2.05, 4.69) is 36.5 Å². The zero-order chi connectivity index (χ0) is 14.5. The van der Waals surface area contributed by atoms with Gasteiger partial charge in [-0.3, -0.25) is 4.79 Å². The number of methoxy groups -OCH3 is 1. The number of benzene rings is 1. The van der Waals surface area contributed by atoms with Crippen LogP contribution in [0.1, 0.15) is 5.56 Å². The summed E-state index contributed by atoms with van der Waals surface area (Å²) in [6.07, 6.45) is 2.38. The van der Waals surface area contributed by atoms with Crippen LogP contribution in [-0.4, -0.2) is 27.2 Å². The van der Waals surface area contributed by atoms with E-state index in [1.165, 1.54) is 12.3 Å². The van der Waals surface area contributed by atoms with Crippen molar-refractivity contribution in [3.8, 4) is 0 Å². The van der Waals surface area contributed by atoms with Crippen molar-refractivity contribution in [1.29, 1.82) is 0 Å². The standard InChI is InChI=1S/C15H22NO2Si.Ac/c1-5-10-19(3,4)13-8-6-12(7-9-13)11-14(16)15(17)18-2;/h5-9,14,16H,1,10-11H2,2-4H3;/q-1;. The summed E-state index contributed by atoms with van der Waals surface area (Å²) in [4.78, 5) is 11.2. The number of nitrogens with one attached hydrogen (secondary N) is 1. The van der Waals surface area contributed by atoms with E-state index in [4.69, 9.17) is 5.73 Å². The van der Waals surface area contributed by atoms with Gasteiger partial charge < -0.3 is 10.5 Å². The van der Waals surface area contributed by atoms with Crippen molar-refractivity contribution in [3.05, 3.63) is 48.2 Å². The predicted molar refractivity (Wildman–Crippen MR) is 82.4 cm³/mol. The van der Waals surface area contributed by atoms with Gasteiger partial charge in [0.2, 0.25) is 0 Å². The molecule has 0 saturated heterocycles. The fourth-order valence-corrected chi connectivity index (χ4v) is 4.06. The first kappa shape index (κ1) is 20.0. The molecule has 0 amide bonds. The monoisotopic (exact) mass is 503 g/mol. The Morgan fingerprint density at radius 1 is 1.40 bits per heavy atom. The average Bonchev–Trinajstić information content (AvgIpc) is 2.38. The SMILES string of the molecule is C=CC[Si](C)(C)c1ccc(CC([NH-])C(=O)OC)cc1.[Ac]. The van der Waals surface area contributed by atoms with Crippen molar-refractivity contribution in [2.75, 3.05) is 7.11 Å². The van der Waals surface area contributed by atoms with Crippen LogP contribution in [0, 0.1) is 44.1 Å². The number of ether oxygens (including phenoxy) is 1. The number of hydrogen-bond acceptors (Lipinski definition) is 2. The largest absolute Gasteiger partial charge is 0.665 e. The number of carbonyl (C=O) groups is 1. The third kappa shape index (κ3) is 5.81. The molecule has 0 aliphatic rings. The molecule has 5 heteroatoms. The first-order chi connectivity index (χ1) is 8.90. The van der Waals surface area contributed by atoms with Crippen LogP contribution in [0.4, 0.5) is 0 Å². The van der Waals surface area contributed by atoms with Gasteiger partial charge in [-0.25, -0.2) is 0 Å². The third-order valence-electron chi connectivity index (χ3n) is 3.32. The van der Waals surface area contributed by atoms with Crippen molar-refractivity contribution >= 4 is 19.2 Å². The summed E-state index contributed by atoms with van der Waals surface area (Å²) in [5.74, 6) is -0.481. The van der Waals surface area contributed by atoms with Crippen LogP contribution in [0.3, 0.4) is 0 Å². The molecule has 1 N–H and O–H groups in total. The molecule has 107 valence electrons. The smallest absolute Gasteiger partial charge is 0.287 e. The second-order valence-electron chi connectivity index (χ2n) is 5.35. The third-order valence-corrected chi connectivity index (χ3v) is 6.52. The number of carbonyl (C=O) groups excluding carboxylic acids is 1. The zero-order valence-corrected chi connectivity index (χ0v) is 18.2. The zero-order valence-electron chi connectivity index (χ0n) is 12.5. The molecule has 20 heavy (non-hydrogen) atoms. The Morgan fingerprint density at radius 3 is 2.40 bits per heavy atom. The molecule has 0 spiro atoms. The maximum atomic E-state index is 11.2. The molecule has 1 rings (SSSR count). The molecule has 1 unspecified atom stereocenters. The predicted octanol–water partition coefficient (Wildman–Crippen LogP) is 2.92. The van der Waals surface area contributed by atoms with Gasteiger partial charge in [0, 0.05) is 44.1 Å². The average molecular weight is 503 g/mol. The van der Waals surface area contributed by atoms with E-state index in [-0.39, 0.29) is 44.1 Å². The molecule has 0 bridgehead atoms. The van der Waals surface area contributed by atoms with E-state index in [0.29, 0.717) is 6.42 Å². The van der Waals surface area contributed by atoms with Crippen LogP contribution in [-0.2, 0) is 16.0 Å². The van der Waals surface area contributed by atoms with E-state index in [9.17, 15) is 4.79 Å². The summed E-state index contributed by atoms with van der Waals surface area (Å²) < 4.78 is 4.56. The summed E-state index contributed by atoms with van der Waals surface area (Å²) in [7, 11) is -0.112. The molecule has 0 aromatic heterocycles. The van der Waals surface area contributed by atoms with Gasteiger partial charge in [0.05, 0.1) is 15.2 Å². The first-order valence-corrected chi connectivity index (χ1v) is 9.60. The fourth-order valence-electron chi connectivity index (χ4n) is 2.03. The van der Waals surface area contributed by atoms with Gasteiger partial charge in [0.1, 0.15) is 0 Å². The van der Waals surface area contributed by atoms with E-state index >= 15 is 0 Å². The van der Waals surface area contributed by atoms with E-state index in [1.54, 1.807) is 0 Å². The van der Waals surface area contributed by atoms with Gasteiger partial charge in [0.15, 0.2) is 0 Å². The summed E-state index contributed by atoms with van der Waals surface area (Å²) in [5.41, 5.74) is 8.68. The molecular formula is C15H22AcNO2Si-. The van der Waals surface area contributed by atoms with Crippen molar-refractivity contribution in [3.63, 3.8) is 0 Å². The minimum absolute atomic E-state index is 0. The van der Waals surface area contributed by atoms with Crippen molar-refractivity contribution in [1.82, 2.24) is 0 Å². The molecule has 0 saturated carbocycles. The van der Waals surface area contributed by atoms with Crippen LogP contribution in [0.2, 0.25) is 19.1 Å². The fraction of sp³-hybridized carbons (Fsp3) is 0.400. The van der Waals surface area contributed by atoms with Crippen LogP contribution < -0.4 is 5.19 Å². The minimum Gasteiger partial charge on any atom is -0.665 e. The topological polar surface area (TPSA) is 50.1 Å². The van der Waals surface area contributed by atoms with E-state index < -0.39 is 20.1 Å². The first-order valence-electron chi connectivity index (χ1n) is 6.40. The summed E-state index contributed by atoms with van der Waals surface area (Å²) in [6, 6.07) is 8.48. The molecule has 0 fully saturated rings. The van der Waals surface area contributed by atoms with Gasteiger partial charge in [-0.15, -0.1) is 6.58 Å². The van der Waals surface area contributed by atoms with E-state index in [1.807, 2.05) is 18.2 Å². The Hall–Kier alpha value is 0.0484. The molecule has 1 radical (unpaired) electrons. The number of rotatable bonds is 6. The van der Waals surface area contributed by atoms with Crippen LogP contribution in [0.15, 0.2) is 36.9 Å². The van der Waals surface area contributed by atoms with Crippen molar-refractivity contribution in [2.45, 2.75) is 31.6 Å². The molecular weight excluding hydrogens is 481 g/mol. The molecule has 3 nitrogen and oxygen atoms in total. The van der Waals surface area contributed by atoms with Gasteiger partial charge in [-0.1, -0.05) is 48.6 Å². The maximum absolute atomic E-state index is 11.2. The summed E-state index contributed by atoms with van der Waals surface area (Å²) >= 11 is 0. The molecule has 1 aromatic carbocycles. The van der Waals surface area contributed by atoms with Crippen molar-refractivity contribution < 1.29 is 53.6 Å². The summed E-state index contributed by atoms with van der Waals surface area (Å²) in [6.45, 7) is 8.44.